The summed E-state index contributed by atoms with van der Waals surface area (Å²) in [6.45, 7) is 3.56. The molecule has 0 saturated carbocycles. The number of hydrogen-bond donors (Lipinski definition) is 3. The van der Waals surface area contributed by atoms with Crippen molar-refractivity contribution in [3.63, 3.8) is 0 Å². The predicted molar refractivity (Wildman–Crippen MR) is 142 cm³/mol. The molecule has 3 aromatic rings. The number of pyridine rings is 1. The zero-order valence-electron chi connectivity index (χ0n) is 18.8. The van der Waals surface area contributed by atoms with Crippen molar-refractivity contribution < 1.29 is 5.11 Å². The van der Waals surface area contributed by atoms with Crippen molar-refractivity contribution in [1.82, 2.24) is 10.3 Å². The fraction of sp³-hybridized carbons (Fsp3) is 0.222. The minimum absolute atomic E-state index is 0.368. The van der Waals surface area contributed by atoms with Gasteiger partial charge in [0.25, 0.3) is 0 Å². The third kappa shape index (κ3) is 4.96. The molecule has 3 N–H and O–H groups in total. The number of aliphatic hydroxyl groups is 1. The summed E-state index contributed by atoms with van der Waals surface area (Å²) in [5, 5.41) is 23.1. The van der Waals surface area contributed by atoms with Crippen molar-refractivity contribution in [3.05, 3.63) is 94.6 Å². The van der Waals surface area contributed by atoms with Gasteiger partial charge in [-0.25, -0.2) is 0 Å². The summed E-state index contributed by atoms with van der Waals surface area (Å²) in [4.78, 5) is 4.51. The molecule has 1 aliphatic heterocycles. The number of piperidine rings is 1. The molecule has 33 heavy (non-hydrogen) atoms. The standard InChI is InChI=1S/C27H28BN3OP/c1-18-3-2-4-25(31-18)26(29)24(17-33)20-5-6-21(16-28)23(15-20)19-7-9-22(10-8-19)27(32)11-13-30-14-12-27/h2-10,15-17,29-30,32H,11-14,33H2,1H3/b24-17-,29-26?. The first-order valence-corrected chi connectivity index (χ1v) is 11.8. The van der Waals surface area contributed by atoms with Crippen LogP contribution in [0.4, 0.5) is 0 Å². The average Bonchev–Trinajstić information content (AvgIpc) is 2.85. The van der Waals surface area contributed by atoms with Crippen LogP contribution in [0.5, 0.6) is 0 Å². The molecule has 1 unspecified atom stereocenters. The zero-order valence-corrected chi connectivity index (χ0v) is 20.0. The van der Waals surface area contributed by atoms with E-state index in [2.05, 4.69) is 25.6 Å². The van der Waals surface area contributed by atoms with E-state index in [-0.39, 0.29) is 0 Å². The van der Waals surface area contributed by atoms with Crippen LogP contribution < -0.4 is 5.32 Å². The summed E-state index contributed by atoms with van der Waals surface area (Å²) < 4.78 is 0. The first-order chi connectivity index (χ1) is 15.9. The van der Waals surface area contributed by atoms with Gasteiger partial charge in [0.2, 0.25) is 0 Å². The fourth-order valence-corrected chi connectivity index (χ4v) is 4.71. The number of rotatable bonds is 6. The Kier molecular flexibility index (Phi) is 7.14. The van der Waals surface area contributed by atoms with Crippen molar-refractivity contribution in [2.24, 2.45) is 0 Å². The number of aryl methyl sites for hydroxylation is 1. The Morgan fingerprint density at radius 2 is 1.85 bits per heavy atom. The number of nitrogens with one attached hydrogen (secondary N) is 2. The second-order valence-corrected chi connectivity index (χ2v) is 8.78. The first-order valence-electron chi connectivity index (χ1n) is 11.1. The second kappa shape index (κ2) is 10.0. The molecule has 165 valence electrons. The normalized spacial score (nSPS) is 15.8. The Balaban J connectivity index is 1.69. The van der Waals surface area contributed by atoms with E-state index in [0.717, 1.165) is 52.2 Å². The third-order valence-electron chi connectivity index (χ3n) is 6.29. The van der Waals surface area contributed by atoms with E-state index >= 15 is 0 Å². The van der Waals surface area contributed by atoms with E-state index in [1.54, 1.807) is 5.97 Å². The van der Waals surface area contributed by atoms with Gasteiger partial charge in [0.05, 0.1) is 0 Å². The van der Waals surface area contributed by atoms with Gasteiger partial charge in [0.1, 0.15) is 0 Å². The number of allylic oxidation sites excluding steroid dienone is 1. The van der Waals surface area contributed by atoms with Gasteiger partial charge < -0.3 is 0 Å². The molecule has 2 aromatic carbocycles. The van der Waals surface area contributed by atoms with E-state index in [4.69, 9.17) is 12.9 Å². The van der Waals surface area contributed by atoms with Crippen LogP contribution in [-0.4, -0.2) is 42.3 Å². The molecular weight excluding hydrogens is 424 g/mol. The molecule has 1 aromatic heterocycles. The molecule has 0 aliphatic carbocycles. The maximum absolute atomic E-state index is 11.0. The van der Waals surface area contributed by atoms with Crippen LogP contribution in [0.1, 0.15) is 40.9 Å². The van der Waals surface area contributed by atoms with Crippen LogP contribution in [0, 0.1) is 12.3 Å². The van der Waals surface area contributed by atoms with Crippen LogP contribution in [0.15, 0.2) is 66.5 Å². The Hall–Kier alpha value is -2.72. The van der Waals surface area contributed by atoms with Gasteiger partial charge in [-0.05, 0) is 0 Å². The summed E-state index contributed by atoms with van der Waals surface area (Å²) in [5.74, 6) is 3.47. The van der Waals surface area contributed by atoms with Gasteiger partial charge >= 0.3 is 199 Å². The first kappa shape index (κ1) is 23.4. The Labute approximate surface area is 199 Å². The van der Waals surface area contributed by atoms with Crippen molar-refractivity contribution in [1.29, 1.82) is 5.41 Å². The van der Waals surface area contributed by atoms with Gasteiger partial charge in [-0.15, -0.1) is 0 Å². The van der Waals surface area contributed by atoms with Crippen LogP contribution in [-0.2, 0) is 5.60 Å². The van der Waals surface area contributed by atoms with Crippen LogP contribution >= 0.6 is 9.24 Å². The number of benzene rings is 2. The van der Waals surface area contributed by atoms with Gasteiger partial charge in [-0.2, -0.15) is 0 Å². The third-order valence-corrected chi connectivity index (χ3v) is 6.62. The van der Waals surface area contributed by atoms with Crippen molar-refractivity contribution in [2.45, 2.75) is 25.4 Å². The van der Waals surface area contributed by atoms with Crippen molar-refractivity contribution in [3.8, 4) is 11.1 Å². The molecule has 0 amide bonds. The number of aromatic nitrogens is 1. The van der Waals surface area contributed by atoms with Crippen molar-refractivity contribution in [2.75, 3.05) is 13.1 Å². The van der Waals surface area contributed by atoms with E-state index < -0.39 is 5.60 Å². The summed E-state index contributed by atoms with van der Waals surface area (Å²) in [5.41, 5.74) is 6.65. The number of nitrogens with zero attached hydrogens (tertiary/aromatic N) is 1. The van der Waals surface area contributed by atoms with Gasteiger partial charge in [-0.1, -0.05) is 0 Å². The molecule has 0 spiro atoms. The van der Waals surface area contributed by atoms with Gasteiger partial charge in [-0.3, -0.25) is 0 Å². The SMILES string of the molecule is [B]=Cc1ccc(/C(=C/P)C(=N)c2cccc(C)n2)cc1-c1ccc(C2(O)CCNCC2)cc1. The van der Waals surface area contributed by atoms with E-state index in [9.17, 15) is 5.11 Å². The molecule has 4 nitrogen and oxygen atoms in total. The van der Waals surface area contributed by atoms with E-state index in [0.29, 0.717) is 24.2 Å². The summed E-state index contributed by atoms with van der Waals surface area (Å²) in [6, 6.07) is 19.8. The van der Waals surface area contributed by atoms with Gasteiger partial charge in [0.15, 0.2) is 0 Å². The molecular formula is C27H28BN3OP. The second-order valence-electron chi connectivity index (χ2n) is 8.45. The molecule has 6 heteroatoms. The molecule has 1 fully saturated rings. The zero-order chi connectivity index (χ0) is 23.4. The number of hydrogen-bond acceptors (Lipinski definition) is 4. The molecule has 0 bridgehead atoms. The van der Waals surface area contributed by atoms with E-state index in [1.807, 2.05) is 67.3 Å². The van der Waals surface area contributed by atoms with Crippen LogP contribution in [0.25, 0.3) is 16.7 Å². The van der Waals surface area contributed by atoms with Crippen molar-refractivity contribution >= 4 is 34.0 Å². The fourth-order valence-electron chi connectivity index (χ4n) is 4.35. The maximum atomic E-state index is 11.0. The topological polar surface area (TPSA) is 69.0 Å². The molecule has 1 aliphatic rings. The summed E-state index contributed by atoms with van der Waals surface area (Å²) in [7, 11) is 8.55. The van der Waals surface area contributed by atoms with E-state index in [1.165, 1.54) is 0 Å². The molecule has 2 heterocycles. The Bertz CT molecular complexity index is 1210. The van der Waals surface area contributed by atoms with Gasteiger partial charge in [0, 0.05) is 0 Å². The monoisotopic (exact) mass is 452 g/mol. The molecule has 4 rings (SSSR count). The van der Waals surface area contributed by atoms with Crippen LogP contribution in [0.2, 0.25) is 0 Å². The molecule has 1 saturated heterocycles. The molecule has 1 atom stereocenters. The summed E-state index contributed by atoms with van der Waals surface area (Å²) >= 11 is 0. The summed E-state index contributed by atoms with van der Waals surface area (Å²) in [6.07, 6.45) is 1.42. The quantitative estimate of drug-likeness (QED) is 0.298. The Morgan fingerprint density at radius 3 is 2.48 bits per heavy atom. The molecule has 1 radical (unpaired) electrons. The Morgan fingerprint density at radius 1 is 1.12 bits per heavy atom. The van der Waals surface area contributed by atoms with Crippen LogP contribution in [0.3, 0.4) is 0 Å². The average molecular weight is 452 g/mol. The predicted octanol–water partition coefficient (Wildman–Crippen LogP) is 4.23. The minimum atomic E-state index is -0.778.